The molecule has 9 heteroatoms. The van der Waals surface area contributed by atoms with Crippen LogP contribution < -0.4 is 10.4 Å². The molecule has 1 atom stereocenters. The second-order valence-electron chi connectivity index (χ2n) is 6.24. The Morgan fingerprint density at radius 1 is 1.28 bits per heavy atom. The summed E-state index contributed by atoms with van der Waals surface area (Å²) in [6, 6.07) is 2.88. The van der Waals surface area contributed by atoms with Gasteiger partial charge in [0.2, 0.25) is 10.0 Å². The predicted molar refractivity (Wildman–Crippen MR) is 90.2 cm³/mol. The molecular weight excluding hydrogens is 346 g/mol. The fourth-order valence-electron chi connectivity index (χ4n) is 3.11. The molecule has 0 N–H and O–H groups in total. The largest absolute Gasteiger partial charge is 0.489 e. The van der Waals surface area contributed by atoms with E-state index in [0.29, 0.717) is 35.9 Å². The molecule has 0 radical (unpaired) electrons. The van der Waals surface area contributed by atoms with Gasteiger partial charge in [0, 0.05) is 19.7 Å². The number of aryl methyl sites for hydroxylation is 3. The highest BCUT2D eigenvalue weighted by Gasteiger charge is 2.36. The Bertz CT molecular complexity index is 961. The lowest BCUT2D eigenvalue weighted by Crippen LogP contribution is -2.31. The van der Waals surface area contributed by atoms with Crippen LogP contribution in [0.25, 0.3) is 0 Å². The lowest BCUT2D eigenvalue weighted by atomic mass is 10.3. The van der Waals surface area contributed by atoms with Crippen LogP contribution in [0.3, 0.4) is 0 Å². The third kappa shape index (κ3) is 3.34. The van der Waals surface area contributed by atoms with E-state index in [4.69, 9.17) is 9.15 Å². The first-order valence-electron chi connectivity index (χ1n) is 7.97. The summed E-state index contributed by atoms with van der Waals surface area (Å²) < 4.78 is 39.5. The van der Waals surface area contributed by atoms with Crippen molar-refractivity contribution in [2.24, 2.45) is 7.05 Å². The molecule has 1 unspecified atom stereocenters. The maximum atomic E-state index is 12.9. The van der Waals surface area contributed by atoms with Crippen LogP contribution in [-0.2, 0) is 17.1 Å². The van der Waals surface area contributed by atoms with Crippen molar-refractivity contribution in [2.45, 2.75) is 38.2 Å². The van der Waals surface area contributed by atoms with Crippen molar-refractivity contribution in [3.8, 4) is 5.75 Å². The van der Waals surface area contributed by atoms with Gasteiger partial charge >= 0.3 is 5.63 Å². The van der Waals surface area contributed by atoms with Gasteiger partial charge in [-0.2, -0.15) is 9.40 Å². The smallest absolute Gasteiger partial charge is 0.339 e. The van der Waals surface area contributed by atoms with Gasteiger partial charge in [0.15, 0.2) is 0 Å². The van der Waals surface area contributed by atoms with Crippen molar-refractivity contribution in [1.82, 2.24) is 14.1 Å². The Morgan fingerprint density at radius 3 is 2.60 bits per heavy atom. The molecule has 1 aliphatic heterocycles. The molecule has 1 aliphatic rings. The molecule has 3 heterocycles. The Morgan fingerprint density at radius 2 is 2.00 bits per heavy atom. The maximum absolute atomic E-state index is 12.9. The second-order valence-corrected chi connectivity index (χ2v) is 8.11. The van der Waals surface area contributed by atoms with Crippen LogP contribution in [0.15, 0.2) is 26.2 Å². The molecule has 1 fully saturated rings. The molecule has 0 saturated carbocycles. The summed E-state index contributed by atoms with van der Waals surface area (Å²) in [5.74, 6) is 0.846. The van der Waals surface area contributed by atoms with Crippen LogP contribution in [0.2, 0.25) is 0 Å². The van der Waals surface area contributed by atoms with E-state index in [1.165, 1.54) is 10.4 Å². The van der Waals surface area contributed by atoms with E-state index in [0.717, 1.165) is 0 Å². The number of ether oxygens (including phenoxy) is 1. The van der Waals surface area contributed by atoms with Gasteiger partial charge in [-0.05, 0) is 27.2 Å². The summed E-state index contributed by atoms with van der Waals surface area (Å²) >= 11 is 0. The molecule has 0 aromatic carbocycles. The Hall–Kier alpha value is -2.13. The van der Waals surface area contributed by atoms with Gasteiger partial charge in [0.05, 0.1) is 24.0 Å². The van der Waals surface area contributed by atoms with Crippen molar-refractivity contribution in [1.29, 1.82) is 0 Å². The minimum absolute atomic E-state index is 0.232. The zero-order valence-corrected chi connectivity index (χ0v) is 15.5. The van der Waals surface area contributed by atoms with Crippen molar-refractivity contribution >= 4 is 10.0 Å². The van der Waals surface area contributed by atoms with Crippen molar-refractivity contribution in [2.75, 3.05) is 13.1 Å². The molecular formula is C16H21N3O5S. The SMILES string of the molecule is Cc1cc(OC2CCN(S(=O)(=O)c3c(C)nn(C)c3C)C2)cc(=O)o1. The normalized spacial score (nSPS) is 18.6. The topological polar surface area (TPSA) is 94.6 Å². The Kier molecular flexibility index (Phi) is 4.46. The summed E-state index contributed by atoms with van der Waals surface area (Å²) in [5, 5.41) is 4.19. The van der Waals surface area contributed by atoms with Gasteiger partial charge in [-0.25, -0.2) is 13.2 Å². The van der Waals surface area contributed by atoms with Gasteiger partial charge in [-0.15, -0.1) is 0 Å². The molecule has 0 spiro atoms. The number of nitrogens with zero attached hydrogens (tertiary/aromatic N) is 3. The zero-order valence-electron chi connectivity index (χ0n) is 14.6. The summed E-state index contributed by atoms with van der Waals surface area (Å²) in [6.07, 6.45) is 0.241. The van der Waals surface area contributed by atoms with Gasteiger partial charge in [0.25, 0.3) is 0 Å². The third-order valence-corrected chi connectivity index (χ3v) is 6.44. The predicted octanol–water partition coefficient (Wildman–Crippen LogP) is 1.14. The number of hydrogen-bond acceptors (Lipinski definition) is 6. The van der Waals surface area contributed by atoms with Crippen LogP contribution in [0.5, 0.6) is 5.75 Å². The van der Waals surface area contributed by atoms with Crippen LogP contribution in [0.1, 0.15) is 23.6 Å². The summed E-state index contributed by atoms with van der Waals surface area (Å²) in [4.78, 5) is 11.7. The molecule has 1 saturated heterocycles. The average Bonchev–Trinajstić information content (AvgIpc) is 3.04. The number of rotatable bonds is 4. The number of sulfonamides is 1. The van der Waals surface area contributed by atoms with E-state index < -0.39 is 15.6 Å². The fraction of sp³-hybridized carbons (Fsp3) is 0.500. The molecule has 25 heavy (non-hydrogen) atoms. The van der Waals surface area contributed by atoms with Gasteiger partial charge < -0.3 is 9.15 Å². The molecule has 3 rings (SSSR count). The fourth-order valence-corrected chi connectivity index (χ4v) is 4.99. The molecule has 2 aromatic rings. The standard InChI is InChI=1S/C16H21N3O5S/c1-10-7-14(8-15(20)23-10)24-13-5-6-19(9-13)25(21,22)16-11(2)17-18(4)12(16)3/h7-8,13H,5-6,9H2,1-4H3. The zero-order chi connectivity index (χ0) is 18.4. The molecule has 0 aliphatic carbocycles. The summed E-state index contributed by atoms with van der Waals surface area (Å²) in [5.41, 5.74) is 0.609. The van der Waals surface area contributed by atoms with Crippen molar-refractivity contribution in [3.05, 3.63) is 39.7 Å². The first kappa shape index (κ1) is 17.7. The second kappa shape index (κ2) is 6.30. The summed E-state index contributed by atoms with van der Waals surface area (Å²) in [7, 11) is -1.91. The van der Waals surface area contributed by atoms with Gasteiger partial charge in [0.1, 0.15) is 22.5 Å². The van der Waals surface area contributed by atoms with E-state index in [2.05, 4.69) is 5.10 Å². The average molecular weight is 367 g/mol. The van der Waals surface area contributed by atoms with Crippen LogP contribution in [0, 0.1) is 20.8 Å². The van der Waals surface area contributed by atoms with Gasteiger partial charge in [-0.3, -0.25) is 4.68 Å². The van der Waals surface area contributed by atoms with E-state index in [1.807, 2.05) is 0 Å². The number of aromatic nitrogens is 2. The first-order chi connectivity index (χ1) is 11.7. The van der Waals surface area contributed by atoms with E-state index in [9.17, 15) is 13.2 Å². The summed E-state index contributed by atoms with van der Waals surface area (Å²) in [6.45, 7) is 5.68. The van der Waals surface area contributed by atoms with E-state index in [-0.39, 0.29) is 17.5 Å². The van der Waals surface area contributed by atoms with Crippen LogP contribution >= 0.6 is 0 Å². The van der Waals surface area contributed by atoms with Crippen LogP contribution in [0.4, 0.5) is 0 Å². The van der Waals surface area contributed by atoms with Crippen molar-refractivity contribution < 1.29 is 17.6 Å². The van der Waals surface area contributed by atoms with Crippen LogP contribution in [-0.4, -0.2) is 41.7 Å². The van der Waals surface area contributed by atoms with Gasteiger partial charge in [-0.1, -0.05) is 0 Å². The highest BCUT2D eigenvalue weighted by molar-refractivity contribution is 7.89. The lowest BCUT2D eigenvalue weighted by molar-refractivity contribution is 0.213. The monoisotopic (exact) mass is 367 g/mol. The Labute approximate surface area is 146 Å². The minimum Gasteiger partial charge on any atom is -0.489 e. The molecule has 8 nitrogen and oxygen atoms in total. The maximum Gasteiger partial charge on any atom is 0.339 e. The third-order valence-electron chi connectivity index (χ3n) is 4.32. The van der Waals surface area contributed by atoms with E-state index >= 15 is 0 Å². The highest BCUT2D eigenvalue weighted by atomic mass is 32.2. The number of hydrogen-bond donors (Lipinski definition) is 0. The molecule has 136 valence electrons. The molecule has 0 amide bonds. The van der Waals surface area contributed by atoms with E-state index in [1.54, 1.807) is 38.6 Å². The molecule has 2 aromatic heterocycles. The minimum atomic E-state index is -3.63. The lowest BCUT2D eigenvalue weighted by Gasteiger charge is -2.17. The Balaban J connectivity index is 1.79. The quantitative estimate of drug-likeness (QED) is 0.804. The molecule has 0 bridgehead atoms. The highest BCUT2D eigenvalue weighted by Crippen LogP contribution is 2.27. The van der Waals surface area contributed by atoms with Crippen molar-refractivity contribution in [3.63, 3.8) is 0 Å². The first-order valence-corrected chi connectivity index (χ1v) is 9.41.